The van der Waals surface area contributed by atoms with Gasteiger partial charge in [0.15, 0.2) is 0 Å². The molecule has 0 amide bonds. The van der Waals surface area contributed by atoms with Crippen LogP contribution in [0.15, 0.2) is 18.3 Å². The Morgan fingerprint density at radius 2 is 1.94 bits per heavy atom. The van der Waals surface area contributed by atoms with Gasteiger partial charge in [-0.05, 0) is 80.8 Å². The largest absolute Gasteiger partial charge is 0.390 e. The Balaban J connectivity index is 1.34. The number of hydrogen-bond donors (Lipinski definition) is 2. The van der Waals surface area contributed by atoms with Gasteiger partial charge in [-0.1, -0.05) is 0 Å². The quantitative estimate of drug-likeness (QED) is 0.550. The minimum Gasteiger partial charge on any atom is -0.351 e. The van der Waals surface area contributed by atoms with Crippen molar-refractivity contribution in [2.75, 3.05) is 38.0 Å². The van der Waals surface area contributed by atoms with Crippen molar-refractivity contribution in [2.24, 2.45) is 5.41 Å². The van der Waals surface area contributed by atoms with E-state index in [1.165, 1.54) is 6.07 Å². The van der Waals surface area contributed by atoms with Crippen molar-refractivity contribution in [3.63, 3.8) is 0 Å². The van der Waals surface area contributed by atoms with Crippen molar-refractivity contribution in [1.82, 2.24) is 20.2 Å². The van der Waals surface area contributed by atoms with Crippen molar-refractivity contribution in [3.8, 4) is 0 Å². The average molecular weight is 484 g/mol. The van der Waals surface area contributed by atoms with Crippen molar-refractivity contribution in [1.29, 1.82) is 0 Å². The lowest BCUT2D eigenvalue weighted by molar-refractivity contribution is -0.137. The maximum absolute atomic E-state index is 13.6. The zero-order valence-electron chi connectivity index (χ0n) is 19.0. The molecule has 0 unspecified atom stereocenters. The fourth-order valence-electron chi connectivity index (χ4n) is 5.89. The van der Waals surface area contributed by atoms with Crippen LogP contribution < -0.4 is 10.6 Å². The Hall–Kier alpha value is -2.07. The molecule has 0 atom stereocenters. The molecule has 3 fully saturated rings. The summed E-state index contributed by atoms with van der Waals surface area (Å²) in [5.74, 6) is 0.587. The lowest BCUT2D eigenvalue weighted by Gasteiger charge is -2.46. The molecule has 0 radical (unpaired) electrons. The van der Waals surface area contributed by atoms with Gasteiger partial charge in [0.05, 0.1) is 11.9 Å². The van der Waals surface area contributed by atoms with Crippen LogP contribution in [-0.4, -0.2) is 59.8 Å². The number of fused-ring (bicyclic) bond motifs is 1. The van der Waals surface area contributed by atoms with Crippen molar-refractivity contribution < 1.29 is 22.0 Å². The first-order valence-electron chi connectivity index (χ1n) is 12.0. The van der Waals surface area contributed by atoms with Crippen LogP contribution in [0.5, 0.6) is 0 Å². The third-order valence-electron chi connectivity index (χ3n) is 7.69. The minimum absolute atomic E-state index is 0.0212. The topological polar surface area (TPSA) is 53.1 Å². The standard InChI is InChI=1S/C24H30F5N5/c25-21(26)15-9-16-13-31-22(32-18-1-5-30-6-2-18)33-20(16)19(10-15)17-11-23(12-17)3-7-34(14-23)8-4-24(27,28)29/h9-10,13,17-18,21,30H,1-8,11-12,14H2,(H,31,32,33). The molecule has 186 valence electrons. The third kappa shape index (κ3) is 5.12. The number of piperidine rings is 1. The third-order valence-corrected chi connectivity index (χ3v) is 7.69. The molecule has 1 aromatic carbocycles. The highest BCUT2D eigenvalue weighted by Crippen LogP contribution is 2.57. The van der Waals surface area contributed by atoms with Gasteiger partial charge in [0, 0.05) is 36.3 Å². The molecule has 2 aliphatic heterocycles. The molecule has 1 aliphatic carbocycles. The fourth-order valence-corrected chi connectivity index (χ4v) is 5.89. The first kappa shape index (κ1) is 23.7. The highest BCUT2D eigenvalue weighted by molar-refractivity contribution is 5.83. The summed E-state index contributed by atoms with van der Waals surface area (Å²) in [6.45, 7) is 3.19. The minimum atomic E-state index is -4.15. The van der Waals surface area contributed by atoms with Crippen molar-refractivity contribution in [2.45, 2.75) is 63.1 Å². The van der Waals surface area contributed by atoms with E-state index in [9.17, 15) is 22.0 Å². The lowest BCUT2D eigenvalue weighted by atomic mass is 9.59. The molecular weight excluding hydrogens is 453 g/mol. The molecule has 2 aromatic rings. The summed E-state index contributed by atoms with van der Waals surface area (Å²) in [5.41, 5.74) is 1.45. The van der Waals surface area contributed by atoms with Crippen LogP contribution in [0.3, 0.4) is 0 Å². The summed E-state index contributed by atoms with van der Waals surface area (Å²) in [4.78, 5) is 11.0. The predicted octanol–water partition coefficient (Wildman–Crippen LogP) is 5.25. The van der Waals surface area contributed by atoms with E-state index in [1.807, 2.05) is 4.90 Å². The molecule has 1 spiro atoms. The number of nitrogens with one attached hydrogen (secondary N) is 2. The van der Waals surface area contributed by atoms with Crippen LogP contribution in [0.1, 0.15) is 62.0 Å². The molecule has 0 bridgehead atoms. The zero-order chi connectivity index (χ0) is 23.9. The molecule has 34 heavy (non-hydrogen) atoms. The second kappa shape index (κ2) is 9.18. The van der Waals surface area contributed by atoms with Crippen molar-refractivity contribution >= 4 is 16.9 Å². The molecule has 2 saturated heterocycles. The predicted molar refractivity (Wildman–Crippen MR) is 120 cm³/mol. The van der Waals surface area contributed by atoms with Gasteiger partial charge in [-0.2, -0.15) is 13.2 Å². The van der Waals surface area contributed by atoms with E-state index in [-0.39, 0.29) is 29.5 Å². The van der Waals surface area contributed by atoms with Gasteiger partial charge in [0.1, 0.15) is 0 Å². The normalized spacial score (nSPS) is 26.5. The number of anilines is 1. The average Bonchev–Trinajstić information content (AvgIpc) is 3.21. The van der Waals surface area contributed by atoms with Gasteiger partial charge in [-0.25, -0.2) is 18.7 Å². The molecule has 3 heterocycles. The van der Waals surface area contributed by atoms with Crippen LogP contribution >= 0.6 is 0 Å². The summed E-state index contributed by atoms with van der Waals surface area (Å²) >= 11 is 0. The van der Waals surface area contributed by atoms with E-state index in [4.69, 9.17) is 4.98 Å². The smallest absolute Gasteiger partial charge is 0.351 e. The Bertz CT molecular complexity index is 1010. The van der Waals surface area contributed by atoms with E-state index < -0.39 is 19.0 Å². The Labute approximate surface area is 195 Å². The molecule has 1 aromatic heterocycles. The zero-order valence-corrected chi connectivity index (χ0v) is 19.0. The van der Waals surface area contributed by atoms with Crippen LogP contribution in [0.2, 0.25) is 0 Å². The highest BCUT2D eigenvalue weighted by Gasteiger charge is 2.49. The van der Waals surface area contributed by atoms with Gasteiger partial charge in [0.2, 0.25) is 5.95 Å². The van der Waals surface area contributed by atoms with Crippen molar-refractivity contribution in [3.05, 3.63) is 29.5 Å². The van der Waals surface area contributed by atoms with E-state index in [1.54, 1.807) is 12.3 Å². The second-order valence-electron chi connectivity index (χ2n) is 10.2. The van der Waals surface area contributed by atoms with Gasteiger partial charge in [-0.15, -0.1) is 0 Å². The highest BCUT2D eigenvalue weighted by atomic mass is 19.4. The number of rotatable bonds is 6. The maximum atomic E-state index is 13.6. The molecule has 2 N–H and O–H groups in total. The van der Waals surface area contributed by atoms with Gasteiger partial charge in [-0.3, -0.25) is 0 Å². The van der Waals surface area contributed by atoms with Gasteiger partial charge < -0.3 is 15.5 Å². The van der Waals surface area contributed by atoms with E-state index in [0.717, 1.165) is 50.8 Å². The van der Waals surface area contributed by atoms with Crippen LogP contribution in [-0.2, 0) is 0 Å². The Morgan fingerprint density at radius 3 is 2.65 bits per heavy atom. The fraction of sp³-hybridized carbons (Fsp3) is 0.667. The van der Waals surface area contributed by atoms with E-state index >= 15 is 0 Å². The van der Waals surface area contributed by atoms with E-state index in [2.05, 4.69) is 15.6 Å². The summed E-state index contributed by atoms with van der Waals surface area (Å²) in [6, 6.07) is 3.30. The summed E-state index contributed by atoms with van der Waals surface area (Å²) < 4.78 is 65.0. The SMILES string of the molecule is FC(F)c1cc(C2CC3(CCN(CCC(F)(F)F)C3)C2)c2nc(NC3CCNCC3)ncc2c1. The van der Waals surface area contributed by atoms with Crippen LogP contribution in [0.4, 0.5) is 27.9 Å². The maximum Gasteiger partial charge on any atom is 0.390 e. The summed E-state index contributed by atoms with van der Waals surface area (Å²) in [6.07, 6.45) is -1.55. The Morgan fingerprint density at radius 1 is 1.18 bits per heavy atom. The van der Waals surface area contributed by atoms with E-state index in [0.29, 0.717) is 29.9 Å². The van der Waals surface area contributed by atoms with Crippen LogP contribution in [0, 0.1) is 5.41 Å². The molecular formula is C24H30F5N5. The number of halogens is 5. The molecule has 5 nitrogen and oxygen atoms in total. The molecule has 5 rings (SSSR count). The number of hydrogen-bond acceptors (Lipinski definition) is 5. The molecule has 10 heteroatoms. The molecule has 3 aliphatic rings. The van der Waals surface area contributed by atoms with Gasteiger partial charge in [0.25, 0.3) is 6.43 Å². The number of nitrogens with zero attached hydrogens (tertiary/aromatic N) is 3. The number of alkyl halides is 5. The lowest BCUT2D eigenvalue weighted by Crippen LogP contribution is -2.39. The summed E-state index contributed by atoms with van der Waals surface area (Å²) in [7, 11) is 0. The molecule has 1 saturated carbocycles. The first-order chi connectivity index (χ1) is 16.2. The van der Waals surface area contributed by atoms with Gasteiger partial charge >= 0.3 is 6.18 Å². The van der Waals surface area contributed by atoms with Crippen LogP contribution in [0.25, 0.3) is 10.9 Å². The second-order valence-corrected chi connectivity index (χ2v) is 10.2. The Kier molecular flexibility index (Phi) is 6.39. The summed E-state index contributed by atoms with van der Waals surface area (Å²) in [5, 5.41) is 7.30. The first-order valence-corrected chi connectivity index (χ1v) is 12.0. The number of aromatic nitrogens is 2. The monoisotopic (exact) mass is 483 g/mol. The number of benzene rings is 1. The number of likely N-dealkylation sites (tertiary alicyclic amines) is 1.